The summed E-state index contributed by atoms with van der Waals surface area (Å²) in [5, 5.41) is 17.5. The van der Waals surface area contributed by atoms with Crippen LogP contribution in [0.2, 0.25) is 0 Å². The molecule has 0 aliphatic carbocycles. The summed E-state index contributed by atoms with van der Waals surface area (Å²) < 4.78 is 43.0. The number of aromatic nitrogens is 4. The van der Waals surface area contributed by atoms with Crippen LogP contribution in [0.15, 0.2) is 66.2 Å². The summed E-state index contributed by atoms with van der Waals surface area (Å²) in [5.74, 6) is -0.704. The largest absolute Gasteiger partial charge is 0.437 e. The van der Waals surface area contributed by atoms with Crippen LogP contribution in [0.4, 0.5) is 18.9 Å². The Kier molecular flexibility index (Phi) is 6.19. The van der Waals surface area contributed by atoms with Crippen molar-refractivity contribution in [2.75, 3.05) is 5.32 Å². The molecule has 11 heteroatoms. The zero-order chi connectivity index (χ0) is 26.2. The van der Waals surface area contributed by atoms with Crippen molar-refractivity contribution in [1.82, 2.24) is 19.7 Å². The molecule has 5 rings (SSSR count). The summed E-state index contributed by atoms with van der Waals surface area (Å²) in [7, 11) is 0. The molecule has 184 valence electrons. The highest BCUT2D eigenvalue weighted by Gasteiger charge is 2.39. The van der Waals surface area contributed by atoms with E-state index in [1.165, 1.54) is 30.5 Å². The SMILES string of the molecule is Cc1c(NC(=O)c2cc(-c3cccs3)nc3ccccc23)c(C(F)(F)F)nn1Cc1ccc(C#N)nc1. The Morgan fingerprint density at radius 1 is 1.16 bits per heavy atom. The van der Waals surface area contributed by atoms with E-state index in [-0.39, 0.29) is 23.5 Å². The number of carbonyl (C=O) groups excluding carboxylic acids is 1. The molecule has 0 saturated heterocycles. The molecule has 1 N–H and O–H groups in total. The monoisotopic (exact) mass is 518 g/mol. The van der Waals surface area contributed by atoms with Gasteiger partial charge in [0.2, 0.25) is 0 Å². The van der Waals surface area contributed by atoms with E-state index in [4.69, 9.17) is 5.26 Å². The highest BCUT2D eigenvalue weighted by molar-refractivity contribution is 7.13. The molecule has 0 saturated carbocycles. The molecule has 7 nitrogen and oxygen atoms in total. The third-order valence-corrected chi connectivity index (χ3v) is 6.61. The van der Waals surface area contributed by atoms with E-state index >= 15 is 0 Å². The number of thiophene rings is 1. The number of hydrogen-bond donors (Lipinski definition) is 1. The molecular weight excluding hydrogens is 501 g/mol. The molecule has 0 aliphatic heterocycles. The van der Waals surface area contributed by atoms with Crippen molar-refractivity contribution in [2.45, 2.75) is 19.6 Å². The Labute approximate surface area is 212 Å². The molecule has 1 aromatic carbocycles. The van der Waals surface area contributed by atoms with E-state index in [0.717, 1.165) is 9.56 Å². The minimum Gasteiger partial charge on any atom is -0.319 e. The molecular formula is C26H17F3N6OS. The van der Waals surface area contributed by atoms with Crippen LogP contribution in [0, 0.1) is 18.3 Å². The van der Waals surface area contributed by atoms with Crippen LogP contribution in [0.1, 0.15) is 33.0 Å². The predicted molar refractivity (Wildman–Crippen MR) is 133 cm³/mol. The van der Waals surface area contributed by atoms with Gasteiger partial charge in [0, 0.05) is 11.6 Å². The van der Waals surface area contributed by atoms with Gasteiger partial charge >= 0.3 is 6.18 Å². The van der Waals surface area contributed by atoms with E-state index in [1.807, 2.05) is 23.6 Å². The quantitative estimate of drug-likeness (QED) is 0.305. The first-order valence-corrected chi connectivity index (χ1v) is 11.9. The third-order valence-electron chi connectivity index (χ3n) is 5.72. The zero-order valence-electron chi connectivity index (χ0n) is 19.2. The van der Waals surface area contributed by atoms with Gasteiger partial charge in [-0.05, 0) is 42.1 Å². The maximum Gasteiger partial charge on any atom is 0.437 e. The number of nitrogens with one attached hydrogen (secondary N) is 1. The Morgan fingerprint density at radius 3 is 2.65 bits per heavy atom. The number of hydrogen-bond acceptors (Lipinski definition) is 6. The maximum absolute atomic E-state index is 14.0. The van der Waals surface area contributed by atoms with Crippen molar-refractivity contribution in [3.63, 3.8) is 0 Å². The fourth-order valence-electron chi connectivity index (χ4n) is 3.90. The number of fused-ring (bicyclic) bond motifs is 1. The highest BCUT2D eigenvalue weighted by atomic mass is 32.1. The first kappa shape index (κ1) is 24.1. The van der Waals surface area contributed by atoms with Crippen molar-refractivity contribution in [3.05, 3.63) is 94.4 Å². The molecule has 4 heterocycles. The fourth-order valence-corrected chi connectivity index (χ4v) is 4.59. The van der Waals surface area contributed by atoms with Gasteiger partial charge < -0.3 is 5.32 Å². The van der Waals surface area contributed by atoms with Gasteiger partial charge in [0.05, 0.1) is 39.6 Å². The number of amides is 1. The maximum atomic E-state index is 14.0. The Hall–Kier alpha value is -4.56. The van der Waals surface area contributed by atoms with E-state index in [2.05, 4.69) is 20.4 Å². The predicted octanol–water partition coefficient (Wildman–Crippen LogP) is 6.05. The van der Waals surface area contributed by atoms with Crippen molar-refractivity contribution >= 4 is 33.8 Å². The van der Waals surface area contributed by atoms with Gasteiger partial charge in [0.1, 0.15) is 11.8 Å². The molecule has 4 aromatic heterocycles. The van der Waals surface area contributed by atoms with E-state index in [9.17, 15) is 18.0 Å². The van der Waals surface area contributed by atoms with Crippen molar-refractivity contribution < 1.29 is 18.0 Å². The molecule has 0 bridgehead atoms. The topological polar surface area (TPSA) is 96.5 Å². The molecule has 0 spiro atoms. The molecule has 0 fully saturated rings. The molecule has 0 atom stereocenters. The molecule has 0 aliphatic rings. The standard InChI is InChI=1S/C26H17F3N6OS/c1-15-23(24(26(27,28)29)34-35(15)14-16-8-9-17(12-30)31-13-16)33-25(36)19-11-21(22-7-4-10-37-22)32-20-6-3-2-5-18(19)20/h2-11,13H,14H2,1H3,(H,33,36). The Bertz CT molecular complexity index is 1650. The number of pyridine rings is 2. The number of carbonyl (C=O) groups is 1. The zero-order valence-corrected chi connectivity index (χ0v) is 20.1. The van der Waals surface area contributed by atoms with Gasteiger partial charge in [-0.3, -0.25) is 9.48 Å². The fraction of sp³-hybridized carbons (Fsp3) is 0.115. The molecule has 37 heavy (non-hydrogen) atoms. The second kappa shape index (κ2) is 9.48. The van der Waals surface area contributed by atoms with Crippen LogP contribution in [0.3, 0.4) is 0 Å². The average molecular weight is 519 g/mol. The van der Waals surface area contributed by atoms with Gasteiger partial charge in [0.25, 0.3) is 5.91 Å². The van der Waals surface area contributed by atoms with E-state index < -0.39 is 23.5 Å². The number of nitriles is 1. The van der Waals surface area contributed by atoms with Gasteiger partial charge in [-0.25, -0.2) is 9.97 Å². The van der Waals surface area contributed by atoms with Gasteiger partial charge in [-0.2, -0.15) is 23.5 Å². The second-order valence-corrected chi connectivity index (χ2v) is 9.08. The van der Waals surface area contributed by atoms with E-state index in [0.29, 0.717) is 22.2 Å². The van der Waals surface area contributed by atoms with Crippen LogP contribution >= 0.6 is 11.3 Å². The minimum absolute atomic E-state index is 0.0236. The summed E-state index contributed by atoms with van der Waals surface area (Å²) in [6, 6.07) is 17.2. The Balaban J connectivity index is 1.55. The van der Waals surface area contributed by atoms with Crippen LogP contribution in [-0.4, -0.2) is 25.7 Å². The first-order chi connectivity index (χ1) is 17.7. The summed E-state index contributed by atoms with van der Waals surface area (Å²) in [6.45, 7) is 1.43. The molecule has 0 radical (unpaired) electrons. The summed E-state index contributed by atoms with van der Waals surface area (Å²) >= 11 is 1.44. The second-order valence-electron chi connectivity index (χ2n) is 8.13. The van der Waals surface area contributed by atoms with Gasteiger partial charge in [-0.1, -0.05) is 30.3 Å². The number of halogens is 3. The van der Waals surface area contributed by atoms with Crippen LogP contribution in [0.25, 0.3) is 21.5 Å². The van der Waals surface area contributed by atoms with E-state index in [1.54, 1.807) is 36.4 Å². The van der Waals surface area contributed by atoms with Gasteiger partial charge in [-0.15, -0.1) is 11.3 Å². The number of para-hydroxylation sites is 1. The molecule has 1 amide bonds. The van der Waals surface area contributed by atoms with Crippen molar-refractivity contribution in [3.8, 4) is 16.6 Å². The number of alkyl halides is 3. The smallest absolute Gasteiger partial charge is 0.319 e. The lowest BCUT2D eigenvalue weighted by molar-refractivity contribution is -0.140. The minimum atomic E-state index is -4.80. The molecule has 0 unspecified atom stereocenters. The first-order valence-electron chi connectivity index (χ1n) is 11.0. The lowest BCUT2D eigenvalue weighted by Crippen LogP contribution is -2.17. The van der Waals surface area contributed by atoms with Gasteiger partial charge in [0.15, 0.2) is 5.69 Å². The normalized spacial score (nSPS) is 11.4. The summed E-state index contributed by atoms with van der Waals surface area (Å²) in [6.07, 6.45) is -3.40. The number of nitrogens with zero attached hydrogens (tertiary/aromatic N) is 5. The van der Waals surface area contributed by atoms with Crippen LogP contribution in [0.5, 0.6) is 0 Å². The number of anilines is 1. The lowest BCUT2D eigenvalue weighted by Gasteiger charge is -2.12. The lowest BCUT2D eigenvalue weighted by atomic mass is 10.1. The van der Waals surface area contributed by atoms with Crippen molar-refractivity contribution in [2.24, 2.45) is 0 Å². The highest BCUT2D eigenvalue weighted by Crippen LogP contribution is 2.37. The number of benzene rings is 1. The third kappa shape index (κ3) is 4.79. The molecule has 5 aromatic rings. The Morgan fingerprint density at radius 2 is 1.97 bits per heavy atom. The summed E-state index contributed by atoms with van der Waals surface area (Å²) in [4.78, 5) is 22.8. The average Bonchev–Trinajstić information content (AvgIpc) is 3.53. The van der Waals surface area contributed by atoms with Crippen molar-refractivity contribution in [1.29, 1.82) is 5.26 Å². The van der Waals surface area contributed by atoms with Crippen LogP contribution < -0.4 is 5.32 Å². The number of rotatable bonds is 5. The summed E-state index contributed by atoms with van der Waals surface area (Å²) in [5.41, 5.74) is 0.557. The van der Waals surface area contributed by atoms with Crippen LogP contribution in [-0.2, 0) is 12.7 Å².